The SMILES string of the molecule is CSCc1nc2sc(C(=O)NCc3ccc4c(c3)OCO4)c(C)c2c(=O)[nH]1. The number of aromatic amines is 1. The van der Waals surface area contributed by atoms with Gasteiger partial charge >= 0.3 is 0 Å². The number of carbonyl (C=O) groups is 1. The minimum Gasteiger partial charge on any atom is -0.454 e. The van der Waals surface area contributed by atoms with E-state index >= 15 is 0 Å². The topological polar surface area (TPSA) is 93.3 Å². The fourth-order valence-electron chi connectivity index (χ4n) is 2.92. The first-order valence-corrected chi connectivity index (χ1v) is 10.5. The van der Waals surface area contributed by atoms with Crippen LogP contribution in [0.1, 0.15) is 26.6 Å². The summed E-state index contributed by atoms with van der Waals surface area (Å²) in [5, 5.41) is 3.38. The number of hydrogen-bond donors (Lipinski definition) is 2. The average molecular weight is 403 g/mol. The van der Waals surface area contributed by atoms with E-state index in [1.165, 1.54) is 11.3 Å². The van der Waals surface area contributed by atoms with Crippen LogP contribution < -0.4 is 20.3 Å². The lowest BCUT2D eigenvalue weighted by molar-refractivity contribution is 0.0954. The number of benzene rings is 1. The number of nitrogens with one attached hydrogen (secondary N) is 2. The monoisotopic (exact) mass is 403 g/mol. The second-order valence-corrected chi connectivity index (χ2v) is 7.92. The van der Waals surface area contributed by atoms with E-state index in [1.54, 1.807) is 18.7 Å². The van der Waals surface area contributed by atoms with Crippen molar-refractivity contribution in [3.05, 3.63) is 50.4 Å². The molecule has 3 aromatic rings. The van der Waals surface area contributed by atoms with Crippen LogP contribution in [-0.4, -0.2) is 28.9 Å². The number of thioether (sulfide) groups is 1. The highest BCUT2D eigenvalue weighted by atomic mass is 32.2. The van der Waals surface area contributed by atoms with Gasteiger partial charge in [0.1, 0.15) is 10.7 Å². The lowest BCUT2D eigenvalue weighted by atomic mass is 10.2. The van der Waals surface area contributed by atoms with Gasteiger partial charge in [-0.25, -0.2) is 4.98 Å². The number of thiophene rings is 1. The zero-order valence-corrected chi connectivity index (χ0v) is 16.4. The fraction of sp³-hybridized carbons (Fsp3) is 0.278. The zero-order valence-electron chi connectivity index (χ0n) is 14.8. The van der Waals surface area contributed by atoms with Gasteiger partial charge in [0.2, 0.25) is 6.79 Å². The van der Waals surface area contributed by atoms with E-state index in [2.05, 4.69) is 15.3 Å². The Kier molecular flexibility index (Phi) is 4.79. The Hall–Kier alpha value is -2.52. The minimum atomic E-state index is -0.223. The third-order valence-electron chi connectivity index (χ3n) is 4.23. The van der Waals surface area contributed by atoms with Crippen molar-refractivity contribution in [2.45, 2.75) is 19.2 Å². The van der Waals surface area contributed by atoms with E-state index in [9.17, 15) is 9.59 Å². The van der Waals surface area contributed by atoms with Gasteiger partial charge in [-0.2, -0.15) is 11.8 Å². The Balaban J connectivity index is 1.56. The van der Waals surface area contributed by atoms with Crippen molar-refractivity contribution in [3.63, 3.8) is 0 Å². The van der Waals surface area contributed by atoms with Crippen LogP contribution >= 0.6 is 23.1 Å². The Bertz CT molecular complexity index is 1090. The Morgan fingerprint density at radius 2 is 2.19 bits per heavy atom. The maximum Gasteiger partial charge on any atom is 0.261 e. The van der Waals surface area contributed by atoms with Gasteiger partial charge in [-0.3, -0.25) is 9.59 Å². The number of aryl methyl sites for hydroxylation is 1. The van der Waals surface area contributed by atoms with Crippen LogP contribution in [0.3, 0.4) is 0 Å². The summed E-state index contributed by atoms with van der Waals surface area (Å²) < 4.78 is 10.6. The van der Waals surface area contributed by atoms with Crippen LogP contribution in [0.2, 0.25) is 0 Å². The van der Waals surface area contributed by atoms with E-state index < -0.39 is 0 Å². The summed E-state index contributed by atoms with van der Waals surface area (Å²) in [6.45, 7) is 2.34. The second-order valence-electron chi connectivity index (χ2n) is 6.05. The molecule has 1 aliphatic heterocycles. The lowest BCUT2D eigenvalue weighted by Gasteiger charge is -2.05. The third-order valence-corrected chi connectivity index (χ3v) is 5.97. The molecule has 2 N–H and O–H groups in total. The van der Waals surface area contributed by atoms with Gasteiger partial charge < -0.3 is 19.8 Å². The number of nitrogens with zero attached hydrogens (tertiary/aromatic N) is 1. The first kappa shape index (κ1) is 17.9. The largest absolute Gasteiger partial charge is 0.454 e. The number of H-pyrrole nitrogens is 1. The second kappa shape index (κ2) is 7.24. The number of ether oxygens (including phenoxy) is 2. The molecule has 2 aromatic heterocycles. The van der Waals surface area contributed by atoms with Crippen LogP contribution in [0.5, 0.6) is 11.5 Å². The summed E-state index contributed by atoms with van der Waals surface area (Å²) in [5.41, 5.74) is 1.36. The Labute approximate surface area is 163 Å². The normalized spacial score (nSPS) is 12.5. The average Bonchev–Trinajstić information content (AvgIpc) is 3.24. The maximum atomic E-state index is 12.7. The van der Waals surface area contributed by atoms with Crippen LogP contribution in [0.15, 0.2) is 23.0 Å². The van der Waals surface area contributed by atoms with Crippen molar-refractivity contribution in [2.24, 2.45) is 0 Å². The summed E-state index contributed by atoms with van der Waals surface area (Å²) in [4.78, 5) is 33.4. The molecule has 3 heterocycles. The van der Waals surface area contributed by atoms with Crippen molar-refractivity contribution in [3.8, 4) is 11.5 Å². The third kappa shape index (κ3) is 3.40. The minimum absolute atomic E-state index is 0.201. The molecule has 0 radical (unpaired) electrons. The maximum absolute atomic E-state index is 12.7. The van der Waals surface area contributed by atoms with Crippen molar-refractivity contribution in [1.82, 2.24) is 15.3 Å². The van der Waals surface area contributed by atoms with Crippen LogP contribution in [0.4, 0.5) is 0 Å². The number of fused-ring (bicyclic) bond motifs is 2. The summed E-state index contributed by atoms with van der Waals surface area (Å²) in [6, 6.07) is 5.55. The van der Waals surface area contributed by atoms with Gasteiger partial charge in [-0.15, -0.1) is 11.3 Å². The molecule has 1 aliphatic rings. The molecule has 9 heteroatoms. The van der Waals surface area contributed by atoms with E-state index in [4.69, 9.17) is 9.47 Å². The van der Waals surface area contributed by atoms with Gasteiger partial charge in [0.25, 0.3) is 11.5 Å². The predicted octanol–water partition coefficient (Wildman–Crippen LogP) is 2.81. The zero-order chi connectivity index (χ0) is 19.0. The molecule has 0 fully saturated rings. The molecule has 4 rings (SSSR count). The van der Waals surface area contributed by atoms with E-state index in [0.29, 0.717) is 50.3 Å². The molecule has 0 saturated carbocycles. The molecule has 7 nitrogen and oxygen atoms in total. The predicted molar refractivity (Wildman–Crippen MR) is 106 cm³/mol. The van der Waals surface area contributed by atoms with Gasteiger partial charge in [0.15, 0.2) is 11.5 Å². The lowest BCUT2D eigenvalue weighted by Crippen LogP contribution is -2.22. The molecule has 1 aromatic carbocycles. The molecule has 0 atom stereocenters. The summed E-state index contributed by atoms with van der Waals surface area (Å²) in [5.74, 6) is 2.40. The number of carbonyl (C=O) groups excluding carboxylic acids is 1. The highest BCUT2D eigenvalue weighted by Crippen LogP contribution is 2.32. The molecular formula is C18H17N3O4S2. The fourth-order valence-corrected chi connectivity index (χ4v) is 4.45. The summed E-state index contributed by atoms with van der Waals surface area (Å²) in [6.07, 6.45) is 1.94. The molecular weight excluding hydrogens is 386 g/mol. The Morgan fingerprint density at radius 3 is 3.00 bits per heavy atom. The first-order valence-electron chi connectivity index (χ1n) is 8.24. The molecule has 1 amide bonds. The van der Waals surface area contributed by atoms with Crippen LogP contribution in [0.25, 0.3) is 10.2 Å². The molecule has 0 aliphatic carbocycles. The summed E-state index contributed by atoms with van der Waals surface area (Å²) >= 11 is 2.82. The highest BCUT2D eigenvalue weighted by Gasteiger charge is 2.19. The van der Waals surface area contributed by atoms with Crippen molar-refractivity contribution >= 4 is 39.2 Å². The standard InChI is InChI=1S/C18H17N3O4S2/c1-9-14-16(22)20-13(7-26-2)21-18(14)27-15(9)17(23)19-6-10-3-4-11-12(5-10)25-8-24-11/h3-5H,6-8H2,1-2H3,(H,19,23)(H,20,21,22). The highest BCUT2D eigenvalue weighted by molar-refractivity contribution is 7.97. The van der Waals surface area contributed by atoms with Gasteiger partial charge in [-0.05, 0) is 36.4 Å². The smallest absolute Gasteiger partial charge is 0.261 e. The quantitative estimate of drug-likeness (QED) is 0.680. The molecule has 0 spiro atoms. The van der Waals surface area contributed by atoms with E-state index in [0.717, 1.165) is 5.56 Å². The van der Waals surface area contributed by atoms with Crippen LogP contribution in [0, 0.1) is 6.92 Å². The van der Waals surface area contributed by atoms with E-state index in [-0.39, 0.29) is 18.3 Å². The molecule has 140 valence electrons. The molecule has 0 saturated heterocycles. The van der Waals surface area contributed by atoms with Gasteiger partial charge in [-0.1, -0.05) is 6.07 Å². The first-order chi connectivity index (χ1) is 13.1. The number of hydrogen-bond acceptors (Lipinski definition) is 7. The van der Waals surface area contributed by atoms with Gasteiger partial charge in [0.05, 0.1) is 16.0 Å². The van der Waals surface area contributed by atoms with E-state index in [1.807, 2.05) is 24.5 Å². The summed E-state index contributed by atoms with van der Waals surface area (Å²) in [7, 11) is 0. The van der Waals surface area contributed by atoms with Crippen molar-refractivity contribution in [2.75, 3.05) is 13.0 Å². The number of amides is 1. The van der Waals surface area contributed by atoms with Crippen molar-refractivity contribution in [1.29, 1.82) is 0 Å². The Morgan fingerprint density at radius 1 is 1.37 bits per heavy atom. The molecule has 0 bridgehead atoms. The van der Waals surface area contributed by atoms with Gasteiger partial charge in [0, 0.05) is 6.54 Å². The molecule has 0 unspecified atom stereocenters. The molecule has 27 heavy (non-hydrogen) atoms. The number of rotatable bonds is 5. The van der Waals surface area contributed by atoms with Crippen molar-refractivity contribution < 1.29 is 14.3 Å². The van der Waals surface area contributed by atoms with Crippen LogP contribution in [-0.2, 0) is 12.3 Å². The number of aromatic nitrogens is 2.